The number of benzene rings is 2. The van der Waals surface area contributed by atoms with E-state index < -0.39 is 31.1 Å². The third kappa shape index (κ3) is 6.61. The number of carbonyl (C=O) groups is 2. The average molecular weight is 483 g/mol. The molecule has 0 bridgehead atoms. The molecule has 144 valence electrons. The molecular formula is C20H22F2O4Sn. The first-order valence-electron chi connectivity index (χ1n) is 8.78. The van der Waals surface area contributed by atoms with E-state index in [0.29, 0.717) is 0 Å². The van der Waals surface area contributed by atoms with E-state index in [4.69, 9.17) is 6.15 Å². The molecule has 0 amide bonds. The zero-order chi connectivity index (χ0) is 19.9. The van der Waals surface area contributed by atoms with Gasteiger partial charge in [0.25, 0.3) is 0 Å². The van der Waals surface area contributed by atoms with Gasteiger partial charge < -0.3 is 0 Å². The first-order chi connectivity index (χ1) is 12.9. The Labute approximate surface area is 162 Å². The Morgan fingerprint density at radius 2 is 1.07 bits per heavy atom. The van der Waals surface area contributed by atoms with Crippen LogP contribution in [0.5, 0.6) is 0 Å². The average Bonchev–Trinajstić information content (AvgIpc) is 2.65. The second kappa shape index (κ2) is 9.82. The molecule has 0 aromatic heterocycles. The summed E-state index contributed by atoms with van der Waals surface area (Å²) in [4.78, 5) is 24.2. The molecule has 7 heteroatoms. The molecule has 0 radical (unpaired) electrons. The molecule has 0 N–H and O–H groups in total. The van der Waals surface area contributed by atoms with Gasteiger partial charge in [-0.2, -0.15) is 0 Å². The van der Waals surface area contributed by atoms with Crippen LogP contribution in [0.15, 0.2) is 48.5 Å². The summed E-state index contributed by atoms with van der Waals surface area (Å²) in [6.45, 7) is 3.33. The van der Waals surface area contributed by atoms with Crippen LogP contribution in [0.3, 0.4) is 0 Å². The number of rotatable bonds is 8. The van der Waals surface area contributed by atoms with Crippen molar-refractivity contribution >= 4 is 31.1 Å². The molecule has 0 spiro atoms. The molecule has 0 heterocycles. The number of carbonyl (C=O) groups excluding carboxylic acids is 2. The molecule has 0 atom stereocenters. The third-order valence-electron chi connectivity index (χ3n) is 3.95. The molecule has 2 rings (SSSR count). The Bertz CT molecular complexity index is 708. The van der Waals surface area contributed by atoms with Crippen LogP contribution in [0, 0.1) is 11.6 Å². The van der Waals surface area contributed by atoms with Crippen molar-refractivity contribution in [1.29, 1.82) is 0 Å². The Hall–Kier alpha value is -1.96. The van der Waals surface area contributed by atoms with Crippen molar-refractivity contribution in [2.75, 3.05) is 0 Å². The second-order valence-electron chi connectivity index (χ2n) is 6.17. The first kappa shape index (κ1) is 21.3. The zero-order valence-corrected chi connectivity index (χ0v) is 18.2. The van der Waals surface area contributed by atoms with Crippen LogP contribution in [0.1, 0.15) is 37.8 Å². The summed E-state index contributed by atoms with van der Waals surface area (Å²) < 4.78 is 38.5. The van der Waals surface area contributed by atoms with Gasteiger partial charge in [-0.15, -0.1) is 0 Å². The SMILES string of the molecule is CCC(=O)[O][Sn]([CH2]c1ccc(F)cc1)([CH2]c1ccc(F)cc1)[O]C(=O)CC. The van der Waals surface area contributed by atoms with Gasteiger partial charge in [-0.1, -0.05) is 0 Å². The minimum absolute atomic E-state index is 0.148. The molecule has 0 aliphatic heterocycles. The van der Waals surface area contributed by atoms with E-state index >= 15 is 0 Å². The van der Waals surface area contributed by atoms with E-state index in [1.54, 1.807) is 38.1 Å². The molecule has 27 heavy (non-hydrogen) atoms. The molecule has 4 nitrogen and oxygen atoms in total. The first-order valence-corrected chi connectivity index (χ1v) is 15.1. The van der Waals surface area contributed by atoms with Crippen molar-refractivity contribution in [2.24, 2.45) is 0 Å². The number of halogens is 2. The standard InChI is InChI=1S/2C7H6F.2C3H6O2.Sn/c2*1-6-2-4-7(8)5-3-6;2*1-2-3(4)5;/h2*2-5H,1H2;2*2H2,1H3,(H,4,5);/q;;;;+2/p-2. The molecule has 2 aromatic rings. The van der Waals surface area contributed by atoms with Gasteiger partial charge >= 0.3 is 163 Å². The van der Waals surface area contributed by atoms with E-state index in [-0.39, 0.29) is 33.3 Å². The van der Waals surface area contributed by atoms with E-state index in [1.165, 1.54) is 24.3 Å². The molecule has 0 saturated heterocycles. The summed E-state index contributed by atoms with van der Waals surface area (Å²) in [5, 5.41) is 0. The molecule has 2 aromatic carbocycles. The fraction of sp³-hybridized carbons (Fsp3) is 0.300. The van der Waals surface area contributed by atoms with Crippen LogP contribution >= 0.6 is 0 Å². The maximum atomic E-state index is 13.2. The van der Waals surface area contributed by atoms with Gasteiger partial charge in [-0.05, 0) is 0 Å². The van der Waals surface area contributed by atoms with Crippen molar-refractivity contribution in [3.8, 4) is 0 Å². The second-order valence-corrected chi connectivity index (χ2v) is 14.6. The van der Waals surface area contributed by atoms with E-state index in [9.17, 15) is 18.4 Å². The van der Waals surface area contributed by atoms with Crippen molar-refractivity contribution in [2.45, 2.75) is 35.6 Å². The predicted octanol–water partition coefficient (Wildman–Crippen LogP) is 4.18. The minimum atomic E-state index is -4.36. The van der Waals surface area contributed by atoms with Crippen LogP contribution < -0.4 is 0 Å². The van der Waals surface area contributed by atoms with E-state index in [0.717, 1.165) is 11.1 Å². The van der Waals surface area contributed by atoms with Gasteiger partial charge in [0, 0.05) is 0 Å². The van der Waals surface area contributed by atoms with Gasteiger partial charge in [0.05, 0.1) is 0 Å². The quantitative estimate of drug-likeness (QED) is 0.530. The van der Waals surface area contributed by atoms with Gasteiger partial charge in [-0.25, -0.2) is 0 Å². The third-order valence-corrected chi connectivity index (χ3v) is 12.8. The Balaban J connectivity index is 2.41. The van der Waals surface area contributed by atoms with E-state index in [2.05, 4.69) is 0 Å². The predicted molar refractivity (Wildman–Crippen MR) is 98.7 cm³/mol. The molecular weight excluding hydrogens is 461 g/mol. The number of hydrogen-bond donors (Lipinski definition) is 0. The summed E-state index contributed by atoms with van der Waals surface area (Å²) in [7, 11) is 0. The van der Waals surface area contributed by atoms with Gasteiger partial charge in [-0.3, -0.25) is 0 Å². The normalized spacial score (nSPS) is 11.1. The van der Waals surface area contributed by atoms with Crippen LogP contribution in [0.25, 0.3) is 0 Å². The van der Waals surface area contributed by atoms with Crippen molar-refractivity contribution in [1.82, 2.24) is 0 Å². The summed E-state index contributed by atoms with van der Waals surface area (Å²) in [6.07, 6.45) is 0.296. The summed E-state index contributed by atoms with van der Waals surface area (Å²) in [5.41, 5.74) is 1.45. The monoisotopic (exact) mass is 484 g/mol. The zero-order valence-electron chi connectivity index (χ0n) is 15.3. The summed E-state index contributed by atoms with van der Waals surface area (Å²) in [6, 6.07) is 11.6. The summed E-state index contributed by atoms with van der Waals surface area (Å²) >= 11 is -4.36. The van der Waals surface area contributed by atoms with Crippen LogP contribution in [-0.2, 0) is 24.6 Å². The van der Waals surface area contributed by atoms with Crippen molar-refractivity contribution in [3.05, 3.63) is 71.3 Å². The number of hydrogen-bond acceptors (Lipinski definition) is 4. The molecule has 0 aliphatic rings. The van der Waals surface area contributed by atoms with E-state index in [1.807, 2.05) is 0 Å². The van der Waals surface area contributed by atoms with Crippen LogP contribution in [-0.4, -0.2) is 31.1 Å². The Morgan fingerprint density at radius 3 is 1.37 bits per heavy atom. The molecule has 0 saturated carbocycles. The van der Waals surface area contributed by atoms with Gasteiger partial charge in [0.15, 0.2) is 0 Å². The van der Waals surface area contributed by atoms with Crippen LogP contribution in [0.4, 0.5) is 8.78 Å². The molecule has 0 aliphatic carbocycles. The molecule has 0 fully saturated rings. The van der Waals surface area contributed by atoms with Crippen molar-refractivity contribution in [3.63, 3.8) is 0 Å². The fourth-order valence-corrected chi connectivity index (χ4v) is 12.0. The fourth-order valence-electron chi connectivity index (χ4n) is 2.61. The van der Waals surface area contributed by atoms with Gasteiger partial charge in [0.1, 0.15) is 0 Å². The van der Waals surface area contributed by atoms with Crippen LogP contribution in [0.2, 0.25) is 0 Å². The topological polar surface area (TPSA) is 52.6 Å². The van der Waals surface area contributed by atoms with Gasteiger partial charge in [0.2, 0.25) is 0 Å². The Kier molecular flexibility index (Phi) is 7.76. The Morgan fingerprint density at radius 1 is 0.741 bits per heavy atom. The maximum absolute atomic E-state index is 13.2. The van der Waals surface area contributed by atoms with Crippen molar-refractivity contribution < 1.29 is 24.5 Å². The summed E-state index contributed by atoms with van der Waals surface area (Å²) in [5.74, 6) is -1.65. The molecule has 0 unspecified atom stereocenters.